The maximum absolute atomic E-state index is 12.8. The van der Waals surface area contributed by atoms with Crippen molar-refractivity contribution >= 4 is 28.6 Å². The predicted molar refractivity (Wildman–Crippen MR) is 101 cm³/mol. The highest BCUT2D eigenvalue weighted by molar-refractivity contribution is 7.99. The summed E-state index contributed by atoms with van der Waals surface area (Å²) in [5.74, 6) is 0.200. The molecule has 0 aliphatic rings. The van der Waals surface area contributed by atoms with Crippen molar-refractivity contribution in [3.63, 3.8) is 0 Å². The molecular weight excluding hydrogens is 338 g/mol. The number of hydrogen-bond acceptors (Lipinski definition) is 5. The fourth-order valence-electron chi connectivity index (χ4n) is 2.37. The Morgan fingerprint density at radius 2 is 2.12 bits per heavy atom. The molecular formula is C18H25N3O3S. The van der Waals surface area contributed by atoms with Gasteiger partial charge in [-0.3, -0.25) is 14.2 Å². The zero-order valence-electron chi connectivity index (χ0n) is 14.8. The fraction of sp³-hybridized carbons (Fsp3) is 0.500. The van der Waals surface area contributed by atoms with Crippen LogP contribution in [0.4, 0.5) is 0 Å². The summed E-state index contributed by atoms with van der Waals surface area (Å²) >= 11 is 1.30. The number of ether oxygens (including phenoxy) is 1. The van der Waals surface area contributed by atoms with Gasteiger partial charge in [-0.1, -0.05) is 30.8 Å². The van der Waals surface area contributed by atoms with Gasteiger partial charge in [0.15, 0.2) is 5.16 Å². The molecule has 0 aliphatic heterocycles. The minimum Gasteiger partial charge on any atom is -0.382 e. The van der Waals surface area contributed by atoms with Crippen LogP contribution in [0.3, 0.4) is 0 Å². The standard InChI is InChI=1S/C18H25N3O3S/c1-3-10-19-16(22)13-25-18-20-15-9-6-5-8-14(15)17(23)21(18)11-7-12-24-4-2/h5-6,8-9H,3-4,7,10-13H2,1-2H3,(H,19,22). The molecule has 1 heterocycles. The lowest BCUT2D eigenvalue weighted by molar-refractivity contribution is -0.118. The maximum atomic E-state index is 12.8. The maximum Gasteiger partial charge on any atom is 0.262 e. The summed E-state index contributed by atoms with van der Waals surface area (Å²) < 4.78 is 7.01. The molecule has 136 valence electrons. The molecule has 2 rings (SSSR count). The van der Waals surface area contributed by atoms with Crippen molar-refractivity contribution in [2.24, 2.45) is 0 Å². The van der Waals surface area contributed by atoms with E-state index in [4.69, 9.17) is 4.74 Å². The molecule has 0 fully saturated rings. The van der Waals surface area contributed by atoms with Crippen LogP contribution in [0, 0.1) is 0 Å². The van der Waals surface area contributed by atoms with Crippen molar-refractivity contribution in [1.29, 1.82) is 0 Å². The van der Waals surface area contributed by atoms with Crippen molar-refractivity contribution in [3.8, 4) is 0 Å². The van der Waals surface area contributed by atoms with Crippen LogP contribution in [0.5, 0.6) is 0 Å². The monoisotopic (exact) mass is 363 g/mol. The summed E-state index contributed by atoms with van der Waals surface area (Å²) in [6.45, 7) is 6.39. The summed E-state index contributed by atoms with van der Waals surface area (Å²) in [4.78, 5) is 29.3. The fourth-order valence-corrected chi connectivity index (χ4v) is 3.22. The number of nitrogens with one attached hydrogen (secondary N) is 1. The highest BCUT2D eigenvalue weighted by Crippen LogP contribution is 2.18. The number of carbonyl (C=O) groups is 1. The number of thioether (sulfide) groups is 1. The first-order valence-corrected chi connectivity index (χ1v) is 9.62. The number of rotatable bonds is 10. The molecule has 0 bridgehead atoms. The van der Waals surface area contributed by atoms with Crippen LogP contribution in [0.15, 0.2) is 34.2 Å². The molecule has 0 spiro atoms. The third-order valence-corrected chi connectivity index (χ3v) is 4.58. The third-order valence-electron chi connectivity index (χ3n) is 3.61. The second-order valence-electron chi connectivity index (χ2n) is 5.56. The number of nitrogens with zero attached hydrogens (tertiary/aromatic N) is 2. The molecule has 1 amide bonds. The zero-order valence-corrected chi connectivity index (χ0v) is 15.6. The second kappa shape index (κ2) is 10.2. The van der Waals surface area contributed by atoms with Crippen molar-refractivity contribution in [3.05, 3.63) is 34.6 Å². The molecule has 25 heavy (non-hydrogen) atoms. The van der Waals surface area contributed by atoms with Gasteiger partial charge in [0.2, 0.25) is 5.91 Å². The van der Waals surface area contributed by atoms with Crippen molar-refractivity contribution < 1.29 is 9.53 Å². The first-order chi connectivity index (χ1) is 12.2. The predicted octanol–water partition coefficient (Wildman–Crippen LogP) is 2.44. The van der Waals surface area contributed by atoms with Crippen LogP contribution >= 0.6 is 11.8 Å². The molecule has 1 N–H and O–H groups in total. The average Bonchev–Trinajstić information content (AvgIpc) is 2.63. The van der Waals surface area contributed by atoms with E-state index < -0.39 is 0 Å². The van der Waals surface area contributed by atoms with Gasteiger partial charge in [0.25, 0.3) is 5.56 Å². The highest BCUT2D eigenvalue weighted by atomic mass is 32.2. The van der Waals surface area contributed by atoms with Crippen LogP contribution in [-0.2, 0) is 16.1 Å². The van der Waals surface area contributed by atoms with Crippen LogP contribution in [0.2, 0.25) is 0 Å². The molecule has 6 nitrogen and oxygen atoms in total. The molecule has 1 aromatic heterocycles. The lowest BCUT2D eigenvalue weighted by atomic mass is 10.2. The van der Waals surface area contributed by atoms with E-state index in [1.165, 1.54) is 11.8 Å². The van der Waals surface area contributed by atoms with Gasteiger partial charge in [0.1, 0.15) is 0 Å². The van der Waals surface area contributed by atoms with Crippen LogP contribution < -0.4 is 10.9 Å². The lowest BCUT2D eigenvalue weighted by Crippen LogP contribution is -2.27. The zero-order chi connectivity index (χ0) is 18.1. The molecule has 1 aromatic carbocycles. The molecule has 0 unspecified atom stereocenters. The van der Waals surface area contributed by atoms with Gasteiger partial charge in [-0.15, -0.1) is 0 Å². The first kappa shape index (κ1) is 19.5. The second-order valence-corrected chi connectivity index (χ2v) is 6.50. The summed E-state index contributed by atoms with van der Waals surface area (Å²) in [6.07, 6.45) is 1.62. The van der Waals surface area contributed by atoms with Crippen LogP contribution in [0.25, 0.3) is 10.9 Å². The summed E-state index contributed by atoms with van der Waals surface area (Å²) in [7, 11) is 0. The van der Waals surface area contributed by atoms with Gasteiger partial charge in [-0.25, -0.2) is 4.98 Å². The van der Waals surface area contributed by atoms with E-state index in [-0.39, 0.29) is 17.2 Å². The Morgan fingerprint density at radius 1 is 1.32 bits per heavy atom. The van der Waals surface area contributed by atoms with Gasteiger partial charge >= 0.3 is 0 Å². The van der Waals surface area contributed by atoms with Gasteiger partial charge in [-0.05, 0) is 31.9 Å². The Hall–Kier alpha value is -1.86. The molecule has 7 heteroatoms. The topological polar surface area (TPSA) is 73.2 Å². The normalized spacial score (nSPS) is 11.0. The molecule has 0 aliphatic carbocycles. The summed E-state index contributed by atoms with van der Waals surface area (Å²) in [6, 6.07) is 7.30. The molecule has 0 saturated carbocycles. The van der Waals surface area contributed by atoms with Gasteiger partial charge in [0, 0.05) is 26.3 Å². The molecule has 0 saturated heterocycles. The summed E-state index contributed by atoms with van der Waals surface area (Å²) in [5, 5.41) is 4.01. The number of benzene rings is 1. The van der Waals surface area contributed by atoms with Crippen molar-refractivity contribution in [2.75, 3.05) is 25.5 Å². The SMILES string of the molecule is CCCNC(=O)CSc1nc2ccccc2c(=O)n1CCCOCC. The van der Waals surface area contributed by atoms with E-state index >= 15 is 0 Å². The minimum atomic E-state index is -0.0708. The molecule has 0 radical (unpaired) electrons. The Labute approximate surface area is 152 Å². The van der Waals surface area contributed by atoms with Crippen molar-refractivity contribution in [2.45, 2.75) is 38.4 Å². The average molecular weight is 363 g/mol. The minimum absolute atomic E-state index is 0.0462. The quantitative estimate of drug-likeness (QED) is 0.399. The van der Waals surface area contributed by atoms with Gasteiger partial charge in [0.05, 0.1) is 16.7 Å². The van der Waals surface area contributed by atoms with E-state index in [0.717, 1.165) is 12.8 Å². The largest absolute Gasteiger partial charge is 0.382 e. The smallest absolute Gasteiger partial charge is 0.262 e. The Bertz CT molecular complexity index is 761. The van der Waals surface area contributed by atoms with E-state index in [1.807, 2.05) is 32.0 Å². The number of para-hydroxylation sites is 1. The number of hydrogen-bond donors (Lipinski definition) is 1. The highest BCUT2D eigenvalue weighted by Gasteiger charge is 2.13. The van der Waals surface area contributed by atoms with Crippen LogP contribution in [0.1, 0.15) is 26.7 Å². The number of carbonyl (C=O) groups excluding carboxylic acids is 1. The summed E-state index contributed by atoms with van der Waals surface area (Å²) in [5.41, 5.74) is 0.587. The number of aromatic nitrogens is 2. The van der Waals surface area contributed by atoms with Gasteiger partial charge in [-0.2, -0.15) is 0 Å². The molecule has 2 aromatic rings. The number of amides is 1. The Balaban J connectivity index is 2.22. The third kappa shape index (κ3) is 5.57. The van der Waals surface area contributed by atoms with Crippen LogP contribution in [-0.4, -0.2) is 41.0 Å². The van der Waals surface area contributed by atoms with E-state index in [1.54, 1.807) is 10.6 Å². The van der Waals surface area contributed by atoms with Gasteiger partial charge < -0.3 is 10.1 Å². The van der Waals surface area contributed by atoms with Crippen molar-refractivity contribution in [1.82, 2.24) is 14.9 Å². The Kier molecular flexibility index (Phi) is 7.94. The van der Waals surface area contributed by atoms with E-state index in [2.05, 4.69) is 10.3 Å². The first-order valence-electron chi connectivity index (χ1n) is 8.64. The lowest BCUT2D eigenvalue weighted by Gasteiger charge is -2.13. The van der Waals surface area contributed by atoms with E-state index in [9.17, 15) is 9.59 Å². The Morgan fingerprint density at radius 3 is 2.88 bits per heavy atom. The van der Waals surface area contributed by atoms with E-state index in [0.29, 0.717) is 42.4 Å². The molecule has 0 atom stereocenters. The number of fused-ring (bicyclic) bond motifs is 1.